The minimum absolute atomic E-state index is 0.258. The van der Waals surface area contributed by atoms with Crippen molar-refractivity contribution in [2.75, 3.05) is 0 Å². The highest BCUT2D eigenvalue weighted by Gasteiger charge is 1.92. The quantitative estimate of drug-likeness (QED) is 0.0410. The topological polar surface area (TPSA) is 74.6 Å². The van der Waals surface area contributed by atoms with Gasteiger partial charge in [0.15, 0.2) is 0 Å². The van der Waals surface area contributed by atoms with E-state index in [4.69, 9.17) is 10.2 Å². The molecule has 2 N–H and O–H groups in total. The molecular formula is C42H62O4. The van der Waals surface area contributed by atoms with Crippen LogP contribution in [0.3, 0.4) is 0 Å². The third-order valence-electron chi connectivity index (χ3n) is 6.27. The lowest BCUT2D eigenvalue weighted by Crippen LogP contribution is -1.92. The van der Waals surface area contributed by atoms with Crippen LogP contribution in [0.1, 0.15) is 117 Å². The molecule has 0 spiro atoms. The molecule has 0 aromatic carbocycles. The maximum atomic E-state index is 10.3. The zero-order chi connectivity index (χ0) is 34.0. The molecule has 0 aromatic rings. The molecule has 0 radical (unpaired) electrons. The first-order valence-electron chi connectivity index (χ1n) is 17.2. The van der Waals surface area contributed by atoms with Crippen LogP contribution in [0.2, 0.25) is 0 Å². The average molecular weight is 631 g/mol. The molecule has 4 heteroatoms. The van der Waals surface area contributed by atoms with Crippen molar-refractivity contribution in [3.8, 4) is 0 Å². The van der Waals surface area contributed by atoms with E-state index in [1.807, 2.05) is 36.5 Å². The standard InChI is InChI=1S/C22H32O2.C20H30O2/c1-2-3-4-5-6-7-8-9-10-11-12-13-14-15-16-17-18-19-20-21-22(23)24;1-2-3-4-5-6-7-8-9-10-11-12-13-14-15-16-17-18-19-20(21)22/h10-21H,2-9H2,1H3,(H,23,24);3-4,6-7,9-10,12-13,15-16H,2,5,8,11,14,17-19H2,1H3,(H,21,22)/b11-10+,13-12+,15-14+,17-16+,19-18+,21-20+;4-3-,7-6-,10-9-,13-12-,16-15-. The summed E-state index contributed by atoms with van der Waals surface area (Å²) in [6, 6.07) is 0. The molecule has 0 atom stereocenters. The van der Waals surface area contributed by atoms with Gasteiger partial charge in [0.1, 0.15) is 0 Å². The van der Waals surface area contributed by atoms with E-state index in [1.54, 1.807) is 12.2 Å². The zero-order valence-corrected chi connectivity index (χ0v) is 28.7. The van der Waals surface area contributed by atoms with Gasteiger partial charge in [0.25, 0.3) is 0 Å². The first kappa shape index (κ1) is 44.2. The number of carbonyl (C=O) groups is 2. The molecule has 0 aliphatic heterocycles. The van der Waals surface area contributed by atoms with Gasteiger partial charge in [0.05, 0.1) is 0 Å². The molecule has 0 heterocycles. The molecule has 0 aromatic heterocycles. The van der Waals surface area contributed by atoms with E-state index >= 15 is 0 Å². The highest BCUT2D eigenvalue weighted by Crippen LogP contribution is 2.08. The summed E-state index contributed by atoms with van der Waals surface area (Å²) in [5, 5.41) is 16.9. The molecule has 46 heavy (non-hydrogen) atoms. The van der Waals surface area contributed by atoms with Crippen LogP contribution >= 0.6 is 0 Å². The SMILES string of the molecule is CC/C=C\C/C=C\C/C=C\C/C=C\C/C=C\CCCC(=O)O.CCCCCCCCC/C=C/C=C/C=C/C=C/C=C/C=C/C(=O)O. The average Bonchev–Trinajstić information content (AvgIpc) is 3.03. The summed E-state index contributed by atoms with van der Waals surface area (Å²) in [5.41, 5.74) is 0. The Morgan fingerprint density at radius 2 is 0.848 bits per heavy atom. The number of unbranched alkanes of at least 4 members (excludes halogenated alkanes) is 8. The van der Waals surface area contributed by atoms with Crippen LogP contribution in [0.25, 0.3) is 0 Å². The van der Waals surface area contributed by atoms with Crippen LogP contribution in [0, 0.1) is 0 Å². The van der Waals surface area contributed by atoms with Crippen molar-refractivity contribution in [2.45, 2.75) is 117 Å². The van der Waals surface area contributed by atoms with Gasteiger partial charge in [-0.05, 0) is 57.8 Å². The molecule has 0 saturated heterocycles. The van der Waals surface area contributed by atoms with Crippen molar-refractivity contribution < 1.29 is 19.8 Å². The molecule has 0 unspecified atom stereocenters. The Morgan fingerprint density at radius 3 is 1.33 bits per heavy atom. The van der Waals surface area contributed by atoms with Crippen molar-refractivity contribution in [3.63, 3.8) is 0 Å². The number of hydrogen-bond donors (Lipinski definition) is 2. The number of aliphatic carboxylic acids is 2. The van der Waals surface area contributed by atoms with Crippen LogP contribution in [0.4, 0.5) is 0 Å². The summed E-state index contributed by atoms with van der Waals surface area (Å²) in [6.45, 7) is 4.40. The number of hydrogen-bond acceptors (Lipinski definition) is 2. The minimum atomic E-state index is -0.936. The second-order valence-corrected chi connectivity index (χ2v) is 10.6. The highest BCUT2D eigenvalue weighted by atomic mass is 16.4. The first-order valence-corrected chi connectivity index (χ1v) is 17.2. The largest absolute Gasteiger partial charge is 0.481 e. The van der Waals surface area contributed by atoms with Gasteiger partial charge < -0.3 is 10.2 Å². The molecular weight excluding hydrogens is 568 g/mol. The van der Waals surface area contributed by atoms with E-state index < -0.39 is 11.9 Å². The lowest BCUT2D eigenvalue weighted by atomic mass is 10.1. The molecule has 4 nitrogen and oxygen atoms in total. The molecule has 0 bridgehead atoms. The van der Waals surface area contributed by atoms with E-state index in [0.717, 1.165) is 57.4 Å². The third kappa shape index (κ3) is 47.0. The van der Waals surface area contributed by atoms with Gasteiger partial charge in [-0.1, -0.05) is 180 Å². The Labute approximate surface area is 281 Å². The predicted octanol–water partition coefficient (Wildman–Crippen LogP) is 12.5. The Balaban J connectivity index is 0. The van der Waals surface area contributed by atoms with Crippen molar-refractivity contribution >= 4 is 11.9 Å². The lowest BCUT2D eigenvalue weighted by molar-refractivity contribution is -0.137. The van der Waals surface area contributed by atoms with E-state index in [2.05, 4.69) is 86.8 Å². The van der Waals surface area contributed by atoms with Crippen LogP contribution in [0.15, 0.2) is 134 Å². The van der Waals surface area contributed by atoms with Crippen LogP contribution < -0.4 is 0 Å². The van der Waals surface area contributed by atoms with Gasteiger partial charge in [0, 0.05) is 12.5 Å². The van der Waals surface area contributed by atoms with Crippen LogP contribution in [-0.4, -0.2) is 22.2 Å². The monoisotopic (exact) mass is 630 g/mol. The number of allylic oxidation sites excluding steroid dienone is 21. The van der Waals surface area contributed by atoms with Crippen molar-refractivity contribution in [1.82, 2.24) is 0 Å². The highest BCUT2D eigenvalue weighted by molar-refractivity contribution is 5.80. The van der Waals surface area contributed by atoms with Gasteiger partial charge in [-0.25, -0.2) is 4.79 Å². The summed E-state index contributed by atoms with van der Waals surface area (Å²) >= 11 is 0. The number of rotatable bonds is 27. The Kier molecular flexibility index (Phi) is 39.5. The fraction of sp³-hybridized carbons (Fsp3) is 0.429. The van der Waals surface area contributed by atoms with Crippen LogP contribution in [0.5, 0.6) is 0 Å². The van der Waals surface area contributed by atoms with Crippen molar-refractivity contribution in [3.05, 3.63) is 134 Å². The van der Waals surface area contributed by atoms with Crippen molar-refractivity contribution in [1.29, 1.82) is 0 Å². The molecule has 0 rings (SSSR count). The smallest absolute Gasteiger partial charge is 0.328 e. The second kappa shape index (κ2) is 41.1. The summed E-state index contributed by atoms with van der Waals surface area (Å²) < 4.78 is 0. The van der Waals surface area contributed by atoms with E-state index in [-0.39, 0.29) is 6.42 Å². The van der Waals surface area contributed by atoms with Crippen molar-refractivity contribution in [2.24, 2.45) is 0 Å². The maximum absolute atomic E-state index is 10.3. The van der Waals surface area contributed by atoms with E-state index in [1.165, 1.54) is 51.0 Å². The maximum Gasteiger partial charge on any atom is 0.328 e. The summed E-state index contributed by atoms with van der Waals surface area (Å²) in [4.78, 5) is 20.5. The Morgan fingerprint density at radius 1 is 0.435 bits per heavy atom. The van der Waals surface area contributed by atoms with Gasteiger partial charge >= 0.3 is 11.9 Å². The summed E-state index contributed by atoms with van der Waals surface area (Å²) in [5.74, 6) is -1.65. The fourth-order valence-electron chi connectivity index (χ4n) is 3.78. The number of carboxylic acids is 2. The van der Waals surface area contributed by atoms with Gasteiger partial charge in [0.2, 0.25) is 0 Å². The molecule has 0 aliphatic rings. The minimum Gasteiger partial charge on any atom is -0.481 e. The van der Waals surface area contributed by atoms with E-state index in [9.17, 15) is 9.59 Å². The second-order valence-electron chi connectivity index (χ2n) is 10.6. The Bertz CT molecular complexity index is 1030. The summed E-state index contributed by atoms with van der Waals surface area (Å²) in [7, 11) is 0. The van der Waals surface area contributed by atoms with Gasteiger partial charge in [-0.2, -0.15) is 0 Å². The number of carboxylic acid groups (broad SMARTS) is 2. The molecule has 0 saturated carbocycles. The summed E-state index contributed by atoms with van der Waals surface area (Å²) in [6.07, 6.45) is 61.2. The zero-order valence-electron chi connectivity index (χ0n) is 28.7. The molecule has 254 valence electrons. The lowest BCUT2D eigenvalue weighted by Gasteiger charge is -1.98. The predicted molar refractivity (Wildman–Crippen MR) is 201 cm³/mol. The molecule has 0 aliphatic carbocycles. The normalized spacial score (nSPS) is 12.9. The first-order chi connectivity index (χ1) is 22.5. The van der Waals surface area contributed by atoms with Crippen LogP contribution in [-0.2, 0) is 9.59 Å². The van der Waals surface area contributed by atoms with Gasteiger partial charge in [-0.3, -0.25) is 4.79 Å². The Hall–Kier alpha value is -3.92. The van der Waals surface area contributed by atoms with E-state index in [0.29, 0.717) is 0 Å². The molecule has 0 amide bonds. The van der Waals surface area contributed by atoms with Gasteiger partial charge in [-0.15, -0.1) is 0 Å². The fourth-order valence-corrected chi connectivity index (χ4v) is 3.78. The molecule has 0 fully saturated rings. The third-order valence-corrected chi connectivity index (χ3v) is 6.27.